The summed E-state index contributed by atoms with van der Waals surface area (Å²) in [6.45, 7) is 0. The van der Waals surface area contributed by atoms with Crippen LogP contribution in [0.1, 0.15) is 26.4 Å². The molecule has 0 bridgehead atoms. The lowest BCUT2D eigenvalue weighted by molar-refractivity contribution is -0.137. The molecule has 0 unspecified atom stereocenters. The predicted molar refractivity (Wildman–Crippen MR) is 115 cm³/mol. The number of hydrogen-bond acceptors (Lipinski definition) is 4. The monoisotopic (exact) mass is 452 g/mol. The maximum atomic E-state index is 12.8. The number of pyridine rings is 1. The van der Waals surface area contributed by atoms with E-state index in [9.17, 15) is 22.8 Å². The first-order chi connectivity index (χ1) is 15.7. The zero-order valence-electron chi connectivity index (χ0n) is 16.8. The van der Waals surface area contributed by atoms with E-state index in [1.165, 1.54) is 30.5 Å². The van der Waals surface area contributed by atoms with Gasteiger partial charge in [-0.2, -0.15) is 13.2 Å². The van der Waals surface area contributed by atoms with Crippen LogP contribution in [0.3, 0.4) is 0 Å². The van der Waals surface area contributed by atoms with Crippen LogP contribution >= 0.6 is 0 Å². The average Bonchev–Trinajstić information content (AvgIpc) is 2.78. The van der Waals surface area contributed by atoms with Crippen molar-refractivity contribution in [2.45, 2.75) is 6.18 Å². The lowest BCUT2D eigenvalue weighted by atomic mass is 10.0. The maximum Gasteiger partial charge on any atom is 0.416 e. The van der Waals surface area contributed by atoms with Crippen LogP contribution in [0, 0.1) is 0 Å². The number of rotatable bonds is 5. The summed E-state index contributed by atoms with van der Waals surface area (Å²) in [5, 5.41) is 12.9. The van der Waals surface area contributed by atoms with Crippen LogP contribution in [0.15, 0.2) is 79.0 Å². The number of nitrogens with zero attached hydrogens (tertiary/aromatic N) is 1. The van der Waals surface area contributed by atoms with Crippen molar-refractivity contribution in [3.63, 3.8) is 0 Å². The molecule has 4 rings (SSSR count). The maximum absolute atomic E-state index is 12.8. The summed E-state index contributed by atoms with van der Waals surface area (Å²) in [5.74, 6) is -0.944. The molecule has 33 heavy (non-hydrogen) atoms. The largest absolute Gasteiger partial charge is 0.477 e. The number of amides is 1. The number of carboxylic acids is 1. The Balaban J connectivity index is 1.56. The van der Waals surface area contributed by atoms with Gasteiger partial charge in [-0.3, -0.25) is 4.79 Å². The van der Waals surface area contributed by atoms with E-state index < -0.39 is 23.6 Å². The normalized spacial score (nSPS) is 11.2. The predicted octanol–water partition coefficient (Wildman–Crippen LogP) is 6.00. The van der Waals surface area contributed by atoms with Crippen molar-refractivity contribution in [3.8, 4) is 11.5 Å². The van der Waals surface area contributed by atoms with Crippen molar-refractivity contribution >= 4 is 28.3 Å². The fourth-order valence-corrected chi connectivity index (χ4v) is 3.19. The topological polar surface area (TPSA) is 88.5 Å². The van der Waals surface area contributed by atoms with E-state index in [0.717, 1.165) is 12.1 Å². The molecule has 1 heterocycles. The molecule has 0 atom stereocenters. The van der Waals surface area contributed by atoms with Crippen LogP contribution in [-0.2, 0) is 6.18 Å². The van der Waals surface area contributed by atoms with Gasteiger partial charge in [0.1, 0.15) is 11.5 Å². The highest BCUT2D eigenvalue weighted by molar-refractivity contribution is 6.13. The van der Waals surface area contributed by atoms with Crippen molar-refractivity contribution < 1.29 is 32.6 Å². The minimum absolute atomic E-state index is 0.157. The lowest BCUT2D eigenvalue weighted by Crippen LogP contribution is -2.13. The van der Waals surface area contributed by atoms with Gasteiger partial charge in [0, 0.05) is 23.5 Å². The number of benzene rings is 3. The van der Waals surface area contributed by atoms with Crippen LogP contribution in [0.5, 0.6) is 11.5 Å². The van der Waals surface area contributed by atoms with Gasteiger partial charge in [0.2, 0.25) is 0 Å². The third-order valence-corrected chi connectivity index (χ3v) is 4.75. The molecular weight excluding hydrogens is 437 g/mol. The van der Waals surface area contributed by atoms with Gasteiger partial charge in [-0.05, 0) is 65.4 Å². The molecule has 166 valence electrons. The Morgan fingerprint density at radius 1 is 0.909 bits per heavy atom. The number of aromatic carboxylic acids is 1. The molecule has 6 nitrogen and oxygen atoms in total. The van der Waals surface area contributed by atoms with Crippen molar-refractivity contribution in [3.05, 3.63) is 95.8 Å². The van der Waals surface area contributed by atoms with Crippen LogP contribution in [0.25, 0.3) is 10.8 Å². The van der Waals surface area contributed by atoms with E-state index in [2.05, 4.69) is 10.3 Å². The summed E-state index contributed by atoms with van der Waals surface area (Å²) in [6, 6.07) is 17.0. The molecule has 0 spiro atoms. The standard InChI is InChI=1S/C24H15F3N2O4/c25-24(26,27)15-4-6-16(7-5-15)29-22(30)20-3-1-2-14-12-17(8-9-19(14)20)33-18-10-11-28-21(13-18)23(31)32/h1-13H,(H,29,30)(H,31,32). The number of carboxylic acid groups (broad SMARTS) is 1. The summed E-state index contributed by atoms with van der Waals surface area (Å²) in [7, 11) is 0. The zero-order valence-corrected chi connectivity index (χ0v) is 16.8. The van der Waals surface area contributed by atoms with Gasteiger partial charge in [-0.1, -0.05) is 12.1 Å². The van der Waals surface area contributed by atoms with Crippen molar-refractivity contribution in [2.75, 3.05) is 5.32 Å². The molecule has 9 heteroatoms. The van der Waals surface area contributed by atoms with Crippen LogP contribution in [0.2, 0.25) is 0 Å². The first-order valence-electron chi connectivity index (χ1n) is 9.59. The number of aromatic nitrogens is 1. The highest BCUT2D eigenvalue weighted by atomic mass is 19.4. The molecule has 0 aliphatic heterocycles. The van der Waals surface area contributed by atoms with E-state index >= 15 is 0 Å². The number of ether oxygens (including phenoxy) is 1. The van der Waals surface area contributed by atoms with Crippen LogP contribution in [0.4, 0.5) is 18.9 Å². The molecule has 0 radical (unpaired) electrons. The number of carbonyl (C=O) groups is 2. The Kier molecular flexibility index (Phi) is 5.70. The van der Waals surface area contributed by atoms with Gasteiger partial charge in [0.15, 0.2) is 5.69 Å². The van der Waals surface area contributed by atoms with E-state index in [0.29, 0.717) is 22.1 Å². The minimum atomic E-state index is -4.45. The van der Waals surface area contributed by atoms with Gasteiger partial charge in [0.25, 0.3) is 5.91 Å². The van der Waals surface area contributed by atoms with Gasteiger partial charge >= 0.3 is 12.1 Å². The first-order valence-corrected chi connectivity index (χ1v) is 9.59. The third kappa shape index (κ3) is 4.93. The Hall–Kier alpha value is -4.40. The minimum Gasteiger partial charge on any atom is -0.477 e. The van der Waals surface area contributed by atoms with E-state index in [1.807, 2.05) is 0 Å². The number of alkyl halides is 3. The Morgan fingerprint density at radius 2 is 1.64 bits per heavy atom. The quantitative estimate of drug-likeness (QED) is 0.388. The first kappa shape index (κ1) is 21.8. The van der Waals surface area contributed by atoms with Crippen molar-refractivity contribution in [2.24, 2.45) is 0 Å². The SMILES string of the molecule is O=C(O)c1cc(Oc2ccc3c(C(=O)Nc4ccc(C(F)(F)F)cc4)cccc3c2)ccn1. The van der Waals surface area contributed by atoms with Crippen LogP contribution in [-0.4, -0.2) is 22.0 Å². The van der Waals surface area contributed by atoms with Crippen molar-refractivity contribution in [1.82, 2.24) is 4.98 Å². The molecule has 0 aliphatic rings. The van der Waals surface area contributed by atoms with Gasteiger partial charge in [0.05, 0.1) is 5.56 Å². The summed E-state index contributed by atoms with van der Waals surface area (Å²) < 4.78 is 43.9. The summed E-state index contributed by atoms with van der Waals surface area (Å²) >= 11 is 0. The Bertz CT molecular complexity index is 1350. The lowest BCUT2D eigenvalue weighted by Gasteiger charge is -2.11. The molecule has 2 N–H and O–H groups in total. The van der Waals surface area contributed by atoms with E-state index in [4.69, 9.17) is 9.84 Å². The second-order valence-electron chi connectivity index (χ2n) is 7.00. The highest BCUT2D eigenvalue weighted by Crippen LogP contribution is 2.31. The number of halogens is 3. The molecule has 0 saturated heterocycles. The molecule has 0 aliphatic carbocycles. The second-order valence-corrected chi connectivity index (χ2v) is 7.00. The molecule has 1 aromatic heterocycles. The highest BCUT2D eigenvalue weighted by Gasteiger charge is 2.30. The molecular formula is C24H15F3N2O4. The number of carbonyl (C=O) groups excluding carboxylic acids is 1. The number of hydrogen-bond donors (Lipinski definition) is 2. The van der Waals surface area contributed by atoms with Gasteiger partial charge in [-0.15, -0.1) is 0 Å². The molecule has 0 fully saturated rings. The second kappa shape index (κ2) is 8.62. The fraction of sp³-hybridized carbons (Fsp3) is 0.0417. The molecule has 0 saturated carbocycles. The van der Waals surface area contributed by atoms with Crippen LogP contribution < -0.4 is 10.1 Å². The average molecular weight is 452 g/mol. The summed E-state index contributed by atoms with van der Waals surface area (Å²) in [6.07, 6.45) is -3.13. The fourth-order valence-electron chi connectivity index (χ4n) is 3.19. The Morgan fingerprint density at radius 3 is 2.33 bits per heavy atom. The molecule has 4 aromatic rings. The van der Waals surface area contributed by atoms with Gasteiger partial charge in [-0.25, -0.2) is 9.78 Å². The Labute approximate surface area is 185 Å². The van der Waals surface area contributed by atoms with E-state index in [-0.39, 0.29) is 17.1 Å². The third-order valence-electron chi connectivity index (χ3n) is 4.75. The molecule has 1 amide bonds. The summed E-state index contributed by atoms with van der Waals surface area (Å²) in [4.78, 5) is 27.6. The number of nitrogens with one attached hydrogen (secondary N) is 1. The molecule has 3 aromatic carbocycles. The van der Waals surface area contributed by atoms with Gasteiger partial charge < -0.3 is 15.2 Å². The zero-order chi connectivity index (χ0) is 23.6. The van der Waals surface area contributed by atoms with Crippen molar-refractivity contribution in [1.29, 1.82) is 0 Å². The number of fused-ring (bicyclic) bond motifs is 1. The smallest absolute Gasteiger partial charge is 0.416 e. The summed E-state index contributed by atoms with van der Waals surface area (Å²) in [5.41, 5.74) is -0.397. The van der Waals surface area contributed by atoms with E-state index in [1.54, 1.807) is 36.4 Å². The number of anilines is 1.